The number of pyridine rings is 2. The normalized spacial score (nSPS) is 11.2. The van der Waals surface area contributed by atoms with Crippen LogP contribution < -0.4 is 0 Å². The van der Waals surface area contributed by atoms with Crippen LogP contribution in [0.2, 0.25) is 0 Å². The van der Waals surface area contributed by atoms with E-state index in [1.54, 1.807) is 24.8 Å². The van der Waals surface area contributed by atoms with E-state index in [4.69, 9.17) is 4.42 Å². The molecule has 0 spiro atoms. The first kappa shape index (κ1) is 28.2. The van der Waals surface area contributed by atoms with Crippen LogP contribution in [-0.4, -0.2) is 9.97 Å². The minimum absolute atomic E-state index is 0.521. The van der Waals surface area contributed by atoms with Gasteiger partial charge in [-0.2, -0.15) is 10.5 Å². The molecule has 0 saturated carbocycles. The highest BCUT2D eigenvalue weighted by Gasteiger charge is 2.20. The topological polar surface area (TPSA) is 86.5 Å². The van der Waals surface area contributed by atoms with Crippen molar-refractivity contribution in [3.8, 4) is 56.6 Å². The molecular weight excluding hydrogens is 601 g/mol. The zero-order valence-corrected chi connectivity index (χ0v) is 26.1. The van der Waals surface area contributed by atoms with Crippen LogP contribution in [0.1, 0.15) is 11.1 Å². The Balaban J connectivity index is 1.38. The maximum atomic E-state index is 9.53. The highest BCUT2D eigenvalue weighted by Crippen LogP contribution is 2.47. The van der Waals surface area contributed by atoms with Gasteiger partial charge in [0.15, 0.2) is 0 Å². The van der Waals surface area contributed by atoms with Gasteiger partial charge in [-0.15, -0.1) is 0 Å². The fourth-order valence-electron chi connectivity index (χ4n) is 7.04. The van der Waals surface area contributed by atoms with E-state index in [1.807, 2.05) is 30.3 Å². The van der Waals surface area contributed by atoms with Crippen molar-refractivity contribution < 1.29 is 4.42 Å². The molecule has 226 valence electrons. The number of para-hydroxylation sites is 1. The Labute approximate surface area is 281 Å². The molecule has 0 radical (unpaired) electrons. The van der Waals surface area contributed by atoms with Crippen LogP contribution in [0.15, 0.2) is 151 Å². The smallest absolute Gasteiger partial charge is 0.136 e. The van der Waals surface area contributed by atoms with Gasteiger partial charge in [0.05, 0.1) is 11.1 Å². The molecule has 0 N–H and O–H groups in total. The van der Waals surface area contributed by atoms with Crippen LogP contribution in [0.5, 0.6) is 0 Å². The fourth-order valence-corrected chi connectivity index (χ4v) is 7.04. The molecule has 9 rings (SSSR count). The molecule has 0 fully saturated rings. The molecule has 49 heavy (non-hydrogen) atoms. The van der Waals surface area contributed by atoms with Gasteiger partial charge in [0, 0.05) is 46.7 Å². The zero-order chi connectivity index (χ0) is 32.9. The Hall–Kier alpha value is -7.08. The molecule has 0 aliphatic rings. The van der Waals surface area contributed by atoms with Gasteiger partial charge in [0.2, 0.25) is 0 Å². The minimum Gasteiger partial charge on any atom is -0.456 e. The second-order valence-electron chi connectivity index (χ2n) is 12.1. The van der Waals surface area contributed by atoms with Crippen LogP contribution in [0.25, 0.3) is 88.0 Å². The molecule has 6 aromatic carbocycles. The summed E-state index contributed by atoms with van der Waals surface area (Å²) in [7, 11) is 0. The number of rotatable bonds is 4. The van der Waals surface area contributed by atoms with E-state index >= 15 is 0 Å². The highest BCUT2D eigenvalue weighted by molar-refractivity contribution is 6.25. The molecule has 0 unspecified atom stereocenters. The Bertz CT molecular complexity index is 2870. The van der Waals surface area contributed by atoms with Gasteiger partial charge in [0.25, 0.3) is 0 Å². The lowest BCUT2D eigenvalue weighted by Gasteiger charge is -2.19. The quantitative estimate of drug-likeness (QED) is 0.182. The first-order valence-electron chi connectivity index (χ1n) is 15.9. The second-order valence-corrected chi connectivity index (χ2v) is 12.1. The first-order valence-corrected chi connectivity index (χ1v) is 15.9. The lowest BCUT2D eigenvalue weighted by molar-refractivity contribution is 0.669. The van der Waals surface area contributed by atoms with Gasteiger partial charge in [-0.3, -0.25) is 9.97 Å². The molecule has 0 atom stereocenters. The van der Waals surface area contributed by atoms with Crippen LogP contribution >= 0.6 is 0 Å². The van der Waals surface area contributed by atoms with E-state index in [-0.39, 0.29) is 0 Å². The van der Waals surface area contributed by atoms with E-state index in [0.29, 0.717) is 11.1 Å². The summed E-state index contributed by atoms with van der Waals surface area (Å²) in [6, 6.07) is 46.3. The molecule has 9 aromatic rings. The van der Waals surface area contributed by atoms with Gasteiger partial charge in [0.1, 0.15) is 23.3 Å². The maximum absolute atomic E-state index is 9.53. The average molecular weight is 625 g/mol. The minimum atomic E-state index is 0.521. The summed E-state index contributed by atoms with van der Waals surface area (Å²) in [5.74, 6) is 0. The molecule has 3 aromatic heterocycles. The number of nitriles is 2. The monoisotopic (exact) mass is 624 g/mol. The second kappa shape index (κ2) is 11.3. The molecule has 3 heterocycles. The summed E-state index contributed by atoms with van der Waals surface area (Å²) in [4.78, 5) is 8.64. The summed E-state index contributed by atoms with van der Waals surface area (Å²) in [6.07, 6.45) is 6.76. The predicted molar refractivity (Wildman–Crippen MR) is 195 cm³/mol. The van der Waals surface area contributed by atoms with Crippen molar-refractivity contribution in [2.24, 2.45) is 0 Å². The van der Waals surface area contributed by atoms with E-state index in [0.717, 1.165) is 88.0 Å². The highest BCUT2D eigenvalue weighted by atomic mass is 16.3. The van der Waals surface area contributed by atoms with Gasteiger partial charge in [-0.05, 0) is 97.4 Å². The van der Waals surface area contributed by atoms with Crippen molar-refractivity contribution in [3.63, 3.8) is 0 Å². The van der Waals surface area contributed by atoms with E-state index in [1.165, 1.54) is 0 Å². The third-order valence-electron chi connectivity index (χ3n) is 9.23. The fraction of sp³-hybridized carbons (Fsp3) is 0. The summed E-state index contributed by atoms with van der Waals surface area (Å²) >= 11 is 0. The number of aromatic nitrogens is 2. The van der Waals surface area contributed by atoms with Crippen molar-refractivity contribution in [1.82, 2.24) is 9.97 Å². The Morgan fingerprint density at radius 1 is 0.388 bits per heavy atom. The lowest BCUT2D eigenvalue weighted by atomic mass is 9.84. The number of nitrogens with zero attached hydrogens (tertiary/aromatic N) is 4. The molecule has 5 nitrogen and oxygen atoms in total. The molecular formula is C44H24N4O. The standard InChI is InChI=1S/C44H24N4O/c45-21-27-15-33(25-47-23-27)29-7-5-9-31(17-29)43-36-12-1-2-13-37(36)44(32-10-6-8-30(18-32)34-16-28(22-46)24-48-26-34)40-20-42-38(19-39(40)43)35-11-3-4-14-41(35)49-42/h1-20,23-26H. The average Bonchev–Trinajstić information content (AvgIpc) is 3.53. The molecule has 0 aliphatic carbocycles. The predicted octanol–water partition coefficient (Wildman–Crippen LogP) is 11.1. The van der Waals surface area contributed by atoms with E-state index < -0.39 is 0 Å². The van der Waals surface area contributed by atoms with Crippen LogP contribution in [0.3, 0.4) is 0 Å². The van der Waals surface area contributed by atoms with Crippen LogP contribution in [-0.2, 0) is 0 Å². The summed E-state index contributed by atoms with van der Waals surface area (Å²) in [5, 5.41) is 25.6. The van der Waals surface area contributed by atoms with Crippen LogP contribution in [0, 0.1) is 22.7 Å². The first-order chi connectivity index (χ1) is 24.2. The number of fused-ring (bicyclic) bond motifs is 5. The van der Waals surface area contributed by atoms with Crippen molar-refractivity contribution in [2.45, 2.75) is 0 Å². The Kier molecular flexibility index (Phi) is 6.50. The van der Waals surface area contributed by atoms with Crippen molar-refractivity contribution in [1.29, 1.82) is 10.5 Å². The third-order valence-corrected chi connectivity index (χ3v) is 9.23. The zero-order valence-electron chi connectivity index (χ0n) is 26.1. The number of hydrogen-bond donors (Lipinski definition) is 0. The van der Waals surface area contributed by atoms with Crippen molar-refractivity contribution >= 4 is 43.5 Å². The molecule has 0 saturated heterocycles. The van der Waals surface area contributed by atoms with Crippen molar-refractivity contribution in [2.75, 3.05) is 0 Å². The summed E-state index contributed by atoms with van der Waals surface area (Å²) < 4.78 is 6.45. The SMILES string of the molecule is N#Cc1cncc(-c2cccc(-c3c4ccccc4c(-c4cccc(-c5cncc(C#N)c5)c4)c4cc5c(cc34)oc3ccccc35)c2)c1. The third kappa shape index (κ3) is 4.69. The van der Waals surface area contributed by atoms with Crippen LogP contribution in [0.4, 0.5) is 0 Å². The molecule has 5 heteroatoms. The lowest BCUT2D eigenvalue weighted by Crippen LogP contribution is -1.92. The molecule has 0 bridgehead atoms. The summed E-state index contributed by atoms with van der Waals surface area (Å²) in [6.45, 7) is 0. The van der Waals surface area contributed by atoms with Crippen molar-refractivity contribution in [3.05, 3.63) is 157 Å². The van der Waals surface area contributed by atoms with Gasteiger partial charge >= 0.3 is 0 Å². The Morgan fingerprint density at radius 3 is 1.47 bits per heavy atom. The summed E-state index contributed by atoms with van der Waals surface area (Å²) in [5.41, 5.74) is 10.8. The van der Waals surface area contributed by atoms with Gasteiger partial charge in [-0.25, -0.2) is 0 Å². The maximum Gasteiger partial charge on any atom is 0.136 e. The molecule has 0 amide bonds. The van der Waals surface area contributed by atoms with E-state index in [2.05, 4.69) is 113 Å². The molecule has 0 aliphatic heterocycles. The largest absolute Gasteiger partial charge is 0.456 e. The van der Waals surface area contributed by atoms with Gasteiger partial charge in [-0.1, -0.05) is 78.9 Å². The van der Waals surface area contributed by atoms with Gasteiger partial charge < -0.3 is 4.42 Å². The Morgan fingerprint density at radius 2 is 0.898 bits per heavy atom. The number of furan rings is 1. The number of hydrogen-bond acceptors (Lipinski definition) is 5. The van der Waals surface area contributed by atoms with E-state index in [9.17, 15) is 10.5 Å². The number of benzene rings is 6.